The summed E-state index contributed by atoms with van der Waals surface area (Å²) in [5.41, 5.74) is 3.69. The maximum absolute atomic E-state index is 13.3. The fourth-order valence-electron chi connectivity index (χ4n) is 4.41. The molecule has 0 amide bonds. The molecule has 0 aromatic heterocycles. The van der Waals surface area contributed by atoms with Gasteiger partial charge in [0.25, 0.3) is 0 Å². The molecule has 1 heterocycles. The highest BCUT2D eigenvalue weighted by molar-refractivity contribution is 6.31. The molecule has 0 spiro atoms. The van der Waals surface area contributed by atoms with E-state index in [9.17, 15) is 14.7 Å². The molecule has 5 nitrogen and oxygen atoms in total. The molecule has 0 fully saturated rings. The summed E-state index contributed by atoms with van der Waals surface area (Å²) in [7, 11) is 1.95. The molecule has 0 radical (unpaired) electrons. The SMILES string of the molecule is C[C@H](CC(=O)O)CC(=O)C1C(CCCC(O)c2ccccc2)=[N+](C)c2ccc(Cl)cc21. The topological polar surface area (TPSA) is 77.6 Å². The van der Waals surface area contributed by atoms with E-state index >= 15 is 0 Å². The van der Waals surface area contributed by atoms with Gasteiger partial charge in [0.1, 0.15) is 13.0 Å². The fraction of sp³-hybridized carbons (Fsp3) is 0.400. The number of hydrogen-bond acceptors (Lipinski definition) is 3. The molecule has 0 saturated heterocycles. The first-order chi connectivity index (χ1) is 14.8. The number of aliphatic carboxylic acids is 1. The van der Waals surface area contributed by atoms with Gasteiger partial charge in [0.05, 0.1) is 6.10 Å². The van der Waals surface area contributed by atoms with Crippen molar-refractivity contribution >= 4 is 34.8 Å². The molecule has 2 N–H and O–H groups in total. The Morgan fingerprint density at radius 3 is 2.52 bits per heavy atom. The molecule has 3 atom stereocenters. The number of carbonyl (C=O) groups excluding carboxylic acids is 1. The van der Waals surface area contributed by atoms with Crippen molar-refractivity contribution in [3.8, 4) is 0 Å². The van der Waals surface area contributed by atoms with Crippen LogP contribution in [0.25, 0.3) is 0 Å². The molecular formula is C25H29ClNO4+. The van der Waals surface area contributed by atoms with Crippen LogP contribution in [-0.4, -0.2) is 39.3 Å². The lowest BCUT2D eigenvalue weighted by Gasteiger charge is -2.14. The zero-order chi connectivity index (χ0) is 22.5. The Bertz CT molecular complexity index is 986. The van der Waals surface area contributed by atoms with Crippen molar-refractivity contribution in [3.05, 3.63) is 64.7 Å². The molecule has 164 valence electrons. The Hall–Kier alpha value is -2.50. The number of ketones is 1. The molecule has 1 aliphatic heterocycles. The number of aliphatic hydroxyl groups excluding tert-OH is 1. The number of benzene rings is 2. The van der Waals surface area contributed by atoms with Crippen molar-refractivity contribution in [3.63, 3.8) is 0 Å². The number of Topliss-reactive ketones (excluding diaryl/α,β-unsaturated/α-hetero) is 1. The van der Waals surface area contributed by atoms with E-state index in [1.165, 1.54) is 0 Å². The number of rotatable bonds is 10. The minimum Gasteiger partial charge on any atom is -0.481 e. The molecule has 0 aliphatic carbocycles. The van der Waals surface area contributed by atoms with Gasteiger partial charge in [-0.25, -0.2) is 4.58 Å². The molecule has 6 heteroatoms. The summed E-state index contributed by atoms with van der Waals surface area (Å²) in [4.78, 5) is 24.3. The standard InChI is InChI=1S/C25H28ClNO4/c1-16(14-24(30)31)13-23(29)25-19-15-18(26)11-12-20(19)27(2)21(25)9-6-10-22(28)17-7-4-3-5-8-17/h3-5,7-8,11-12,15-16,22,25,28H,6,9-10,13-14H2,1-2H3/p+1/t16-,22?,25?/m0/s1. The van der Waals surface area contributed by atoms with Crippen LogP contribution in [0, 0.1) is 5.92 Å². The van der Waals surface area contributed by atoms with Gasteiger partial charge in [0.2, 0.25) is 5.69 Å². The lowest BCUT2D eigenvalue weighted by Crippen LogP contribution is -2.24. The second-order valence-corrected chi connectivity index (χ2v) is 8.82. The van der Waals surface area contributed by atoms with Crippen molar-refractivity contribution in [2.75, 3.05) is 7.05 Å². The van der Waals surface area contributed by atoms with E-state index < -0.39 is 18.0 Å². The van der Waals surface area contributed by atoms with Gasteiger partial charge in [-0.05, 0) is 36.5 Å². The second-order valence-electron chi connectivity index (χ2n) is 8.38. The van der Waals surface area contributed by atoms with Gasteiger partial charge < -0.3 is 10.2 Å². The monoisotopic (exact) mass is 442 g/mol. The van der Waals surface area contributed by atoms with Gasteiger partial charge in [-0.3, -0.25) is 9.59 Å². The van der Waals surface area contributed by atoms with Gasteiger partial charge in [0, 0.05) is 35.9 Å². The lowest BCUT2D eigenvalue weighted by atomic mass is 9.84. The minimum absolute atomic E-state index is 0.0141. The first-order valence-corrected chi connectivity index (χ1v) is 11.0. The number of aliphatic hydroxyl groups is 1. The largest absolute Gasteiger partial charge is 0.481 e. The molecule has 3 rings (SSSR count). The fourth-order valence-corrected chi connectivity index (χ4v) is 4.59. The normalized spacial score (nSPS) is 17.4. The summed E-state index contributed by atoms with van der Waals surface area (Å²) in [6.45, 7) is 1.79. The number of halogens is 1. The van der Waals surface area contributed by atoms with Gasteiger partial charge >= 0.3 is 5.97 Å². The van der Waals surface area contributed by atoms with E-state index in [4.69, 9.17) is 16.7 Å². The van der Waals surface area contributed by atoms with E-state index in [1.54, 1.807) is 6.92 Å². The van der Waals surface area contributed by atoms with Crippen molar-refractivity contribution < 1.29 is 24.4 Å². The van der Waals surface area contributed by atoms with Gasteiger partial charge in [0.15, 0.2) is 11.5 Å². The van der Waals surface area contributed by atoms with Gasteiger partial charge in [-0.2, -0.15) is 0 Å². The Balaban J connectivity index is 1.77. The van der Waals surface area contributed by atoms with Crippen LogP contribution < -0.4 is 0 Å². The first-order valence-electron chi connectivity index (χ1n) is 10.6. The quantitative estimate of drug-likeness (QED) is 0.500. The van der Waals surface area contributed by atoms with Gasteiger partial charge in [-0.1, -0.05) is 48.9 Å². The smallest absolute Gasteiger partial charge is 0.303 e. The lowest BCUT2D eigenvalue weighted by molar-refractivity contribution is -0.403. The van der Waals surface area contributed by atoms with Gasteiger partial charge in [-0.15, -0.1) is 0 Å². The van der Waals surface area contributed by atoms with Crippen LogP contribution in [0.3, 0.4) is 0 Å². The Kier molecular flexibility index (Phi) is 7.63. The molecule has 0 saturated carbocycles. The number of carboxylic acid groups (broad SMARTS) is 1. The van der Waals surface area contributed by atoms with Crippen LogP contribution >= 0.6 is 11.6 Å². The number of hydrogen-bond donors (Lipinski definition) is 2. The molecule has 0 bridgehead atoms. The molecular weight excluding hydrogens is 414 g/mol. The van der Waals surface area contributed by atoms with Crippen molar-refractivity contribution in [2.45, 2.75) is 51.0 Å². The molecule has 1 aliphatic rings. The molecule has 31 heavy (non-hydrogen) atoms. The Labute approximate surface area is 188 Å². The number of carbonyl (C=O) groups is 2. The average molecular weight is 443 g/mol. The van der Waals surface area contributed by atoms with Crippen molar-refractivity contribution in [2.24, 2.45) is 5.92 Å². The minimum atomic E-state index is -0.897. The van der Waals surface area contributed by atoms with E-state index in [0.717, 1.165) is 28.9 Å². The maximum Gasteiger partial charge on any atom is 0.303 e. The highest BCUT2D eigenvalue weighted by Crippen LogP contribution is 2.39. The zero-order valence-electron chi connectivity index (χ0n) is 17.9. The summed E-state index contributed by atoms with van der Waals surface area (Å²) in [6.07, 6.45) is 1.61. The number of fused-ring (bicyclic) bond motifs is 1. The van der Waals surface area contributed by atoms with E-state index in [2.05, 4.69) is 0 Å². The zero-order valence-corrected chi connectivity index (χ0v) is 18.7. The predicted molar refractivity (Wildman–Crippen MR) is 121 cm³/mol. The molecule has 2 unspecified atom stereocenters. The highest BCUT2D eigenvalue weighted by Gasteiger charge is 2.41. The van der Waals surface area contributed by atoms with Crippen LogP contribution in [0.15, 0.2) is 48.5 Å². The Morgan fingerprint density at radius 2 is 1.84 bits per heavy atom. The van der Waals surface area contributed by atoms with Crippen LogP contribution in [0.5, 0.6) is 0 Å². The maximum atomic E-state index is 13.3. The highest BCUT2D eigenvalue weighted by atomic mass is 35.5. The molecule has 2 aromatic carbocycles. The van der Waals surface area contributed by atoms with Crippen LogP contribution in [0.4, 0.5) is 5.69 Å². The van der Waals surface area contributed by atoms with Crippen molar-refractivity contribution in [1.82, 2.24) is 0 Å². The summed E-state index contributed by atoms with van der Waals surface area (Å²) >= 11 is 6.23. The summed E-state index contributed by atoms with van der Waals surface area (Å²) in [6, 6.07) is 15.1. The second kappa shape index (κ2) is 10.2. The van der Waals surface area contributed by atoms with Crippen LogP contribution in [-0.2, 0) is 9.59 Å². The average Bonchev–Trinajstić information content (AvgIpc) is 2.99. The summed E-state index contributed by atoms with van der Waals surface area (Å²) < 4.78 is 2.05. The Morgan fingerprint density at radius 1 is 1.13 bits per heavy atom. The number of carboxylic acids is 1. The van der Waals surface area contributed by atoms with E-state index in [1.807, 2.05) is 60.2 Å². The van der Waals surface area contributed by atoms with E-state index in [0.29, 0.717) is 17.9 Å². The third kappa shape index (κ3) is 5.60. The third-order valence-corrected chi connectivity index (χ3v) is 6.15. The first kappa shape index (κ1) is 23.2. The molecule has 2 aromatic rings. The van der Waals surface area contributed by atoms with Crippen molar-refractivity contribution in [1.29, 1.82) is 0 Å². The van der Waals surface area contributed by atoms with Crippen LogP contribution in [0.1, 0.15) is 62.2 Å². The summed E-state index contributed by atoms with van der Waals surface area (Å²) in [5.74, 6) is -1.55. The summed E-state index contributed by atoms with van der Waals surface area (Å²) in [5, 5.41) is 20.1. The van der Waals surface area contributed by atoms with E-state index in [-0.39, 0.29) is 24.5 Å². The third-order valence-electron chi connectivity index (χ3n) is 5.92. The predicted octanol–water partition coefficient (Wildman–Crippen LogP) is 5.13. The van der Waals surface area contributed by atoms with Crippen LogP contribution in [0.2, 0.25) is 5.02 Å². The number of nitrogens with zero attached hydrogens (tertiary/aromatic N) is 1.